The van der Waals surface area contributed by atoms with Crippen LogP contribution >= 0.6 is 11.8 Å². The van der Waals surface area contributed by atoms with Crippen LogP contribution in [-0.4, -0.2) is 47.4 Å². The van der Waals surface area contributed by atoms with Crippen molar-refractivity contribution in [2.75, 3.05) is 22.9 Å². The predicted molar refractivity (Wildman–Crippen MR) is 113 cm³/mol. The molecule has 13 heteroatoms. The fraction of sp³-hybridized carbons (Fsp3) is 0.500. The highest BCUT2D eigenvalue weighted by atomic mass is 32.2. The van der Waals surface area contributed by atoms with Gasteiger partial charge < -0.3 is 10.4 Å². The van der Waals surface area contributed by atoms with Gasteiger partial charge in [-0.1, -0.05) is 25.6 Å². The van der Waals surface area contributed by atoms with E-state index in [1.54, 1.807) is 0 Å². The molecule has 2 atom stereocenters. The number of aliphatic hydroxyl groups excluding tert-OH is 1. The van der Waals surface area contributed by atoms with Crippen molar-refractivity contribution < 1.29 is 26.7 Å². The van der Waals surface area contributed by atoms with Crippen molar-refractivity contribution in [1.29, 1.82) is 0 Å². The molecule has 0 amide bonds. The van der Waals surface area contributed by atoms with Crippen molar-refractivity contribution in [3.05, 3.63) is 35.1 Å². The third-order valence-electron chi connectivity index (χ3n) is 3.97. The van der Waals surface area contributed by atoms with E-state index in [-0.39, 0.29) is 29.6 Å². The number of hydrogen-bond donors (Lipinski definition) is 3. The smallest absolute Gasteiger partial charge is 0.242 e. The molecule has 2 aromatic rings. The van der Waals surface area contributed by atoms with Gasteiger partial charge in [-0.3, -0.25) is 4.72 Å². The summed E-state index contributed by atoms with van der Waals surface area (Å²) in [5.74, 6) is -3.54. The summed E-state index contributed by atoms with van der Waals surface area (Å²) >= 11 is 0.790. The number of sulfonamides is 1. The minimum atomic E-state index is -3.72. The van der Waals surface area contributed by atoms with Crippen LogP contribution in [0.5, 0.6) is 0 Å². The molecule has 172 valence electrons. The van der Waals surface area contributed by atoms with E-state index in [2.05, 4.69) is 25.0 Å². The number of benzene rings is 1. The fourth-order valence-electron chi connectivity index (χ4n) is 2.75. The summed E-state index contributed by atoms with van der Waals surface area (Å²) in [6.45, 7) is 5.12. The third kappa shape index (κ3) is 7.51. The van der Waals surface area contributed by atoms with E-state index < -0.39 is 44.3 Å². The van der Waals surface area contributed by atoms with Gasteiger partial charge in [-0.05, 0) is 31.4 Å². The van der Waals surface area contributed by atoms with Crippen LogP contribution in [0.15, 0.2) is 17.3 Å². The summed E-state index contributed by atoms with van der Waals surface area (Å²) in [4.78, 5) is 12.1. The Morgan fingerprint density at radius 2 is 1.68 bits per heavy atom. The van der Waals surface area contributed by atoms with Crippen molar-refractivity contribution in [3.63, 3.8) is 0 Å². The van der Waals surface area contributed by atoms with E-state index in [4.69, 9.17) is 0 Å². The highest BCUT2D eigenvalue weighted by Crippen LogP contribution is 2.36. The highest BCUT2D eigenvalue weighted by Gasteiger charge is 2.23. The van der Waals surface area contributed by atoms with Gasteiger partial charge in [0.2, 0.25) is 21.9 Å². The molecule has 8 nitrogen and oxygen atoms in total. The van der Waals surface area contributed by atoms with Gasteiger partial charge in [0.05, 0.1) is 18.9 Å². The van der Waals surface area contributed by atoms with Crippen molar-refractivity contribution in [3.8, 4) is 0 Å². The predicted octanol–water partition coefficient (Wildman–Crippen LogP) is 3.33. The zero-order valence-corrected chi connectivity index (χ0v) is 19.0. The first-order chi connectivity index (χ1) is 14.4. The Kier molecular flexibility index (Phi) is 8.49. The molecule has 2 rings (SSSR count). The molecule has 0 bridgehead atoms. The van der Waals surface area contributed by atoms with Crippen LogP contribution in [0.1, 0.15) is 38.0 Å². The summed E-state index contributed by atoms with van der Waals surface area (Å²) in [6, 6.07) is 1.09. The average Bonchev–Trinajstić information content (AvgIpc) is 2.62. The maximum absolute atomic E-state index is 14.1. The van der Waals surface area contributed by atoms with Crippen molar-refractivity contribution in [2.24, 2.45) is 5.92 Å². The Bertz CT molecular complexity index is 1020. The number of rotatable bonds is 10. The van der Waals surface area contributed by atoms with E-state index in [0.717, 1.165) is 24.1 Å². The topological polar surface area (TPSA) is 117 Å². The Morgan fingerprint density at radius 3 is 2.26 bits per heavy atom. The normalized spacial score (nSPS) is 13.8. The van der Waals surface area contributed by atoms with Crippen molar-refractivity contribution in [1.82, 2.24) is 15.0 Å². The maximum Gasteiger partial charge on any atom is 0.242 e. The molecular formula is C18H24F3N5O3S2. The first-order valence-electron chi connectivity index (χ1n) is 9.31. The number of halogens is 3. The van der Waals surface area contributed by atoms with Crippen LogP contribution < -0.4 is 10.0 Å². The molecule has 0 saturated carbocycles. The van der Waals surface area contributed by atoms with Gasteiger partial charge in [-0.2, -0.15) is 15.0 Å². The number of nitrogens with zero attached hydrogens (tertiary/aromatic N) is 3. The third-order valence-corrected chi connectivity index (χ3v) is 5.51. The van der Waals surface area contributed by atoms with Gasteiger partial charge in [-0.25, -0.2) is 21.6 Å². The monoisotopic (exact) mass is 479 g/mol. The minimum absolute atomic E-state index is 0.0317. The maximum atomic E-state index is 14.1. The summed E-state index contributed by atoms with van der Waals surface area (Å²) in [5, 5.41) is 11.5. The highest BCUT2D eigenvalue weighted by molar-refractivity contribution is 7.99. The van der Waals surface area contributed by atoms with Crippen LogP contribution in [-0.2, 0) is 10.0 Å². The van der Waals surface area contributed by atoms with Gasteiger partial charge in [0.25, 0.3) is 0 Å². The Morgan fingerprint density at radius 1 is 1.06 bits per heavy atom. The summed E-state index contributed by atoms with van der Waals surface area (Å²) in [5.41, 5.74) is -0.495. The van der Waals surface area contributed by atoms with Gasteiger partial charge in [0.15, 0.2) is 16.8 Å². The van der Waals surface area contributed by atoms with E-state index >= 15 is 0 Å². The van der Waals surface area contributed by atoms with Gasteiger partial charge >= 0.3 is 0 Å². The molecule has 1 aromatic carbocycles. The average molecular weight is 480 g/mol. The first-order valence-corrected chi connectivity index (χ1v) is 12.1. The van der Waals surface area contributed by atoms with Gasteiger partial charge in [-0.15, -0.1) is 0 Å². The zero-order valence-electron chi connectivity index (χ0n) is 17.4. The molecule has 1 aromatic heterocycles. The Hall–Kier alpha value is -2.12. The second-order valence-electron chi connectivity index (χ2n) is 7.31. The van der Waals surface area contributed by atoms with Gasteiger partial charge in [0.1, 0.15) is 5.82 Å². The van der Waals surface area contributed by atoms with Crippen molar-refractivity contribution >= 4 is 33.7 Å². The molecule has 0 radical (unpaired) electrons. The lowest BCUT2D eigenvalue weighted by Crippen LogP contribution is -2.27. The molecule has 3 N–H and O–H groups in total. The number of thioether (sulfide) groups is 1. The van der Waals surface area contributed by atoms with Crippen LogP contribution in [0.25, 0.3) is 0 Å². The molecule has 0 aliphatic rings. The standard InChI is InChI=1S/C18H24F3N5O3S2/c1-9(2)7-11(8-27)22-16-23-17(26-31(4,28)29)25-18(24-16)30-10(3)14-12(19)5-6-13(20)15(14)21/h5-6,9-11,27H,7-8H2,1-4H3,(H2,22,23,24,25,26)/t10-,11+/m0/s1. The van der Waals surface area contributed by atoms with E-state index in [0.29, 0.717) is 12.5 Å². The molecular weight excluding hydrogens is 455 g/mol. The molecule has 0 saturated heterocycles. The molecule has 31 heavy (non-hydrogen) atoms. The molecule has 0 aliphatic heterocycles. The summed E-state index contributed by atoms with van der Waals surface area (Å²) in [6.07, 6.45) is 1.49. The lowest BCUT2D eigenvalue weighted by molar-refractivity contribution is 0.259. The molecule has 1 heterocycles. The van der Waals surface area contributed by atoms with Crippen LogP contribution in [0, 0.1) is 23.4 Å². The van der Waals surface area contributed by atoms with E-state index in [1.807, 2.05) is 13.8 Å². The van der Waals surface area contributed by atoms with E-state index in [1.165, 1.54) is 6.92 Å². The van der Waals surface area contributed by atoms with Crippen molar-refractivity contribution in [2.45, 2.75) is 43.6 Å². The Labute approximate surface area is 183 Å². The lowest BCUT2D eigenvalue weighted by Gasteiger charge is -2.19. The van der Waals surface area contributed by atoms with Crippen LogP contribution in [0.3, 0.4) is 0 Å². The summed E-state index contributed by atoms with van der Waals surface area (Å²) < 4.78 is 67.1. The molecule has 0 fully saturated rings. The SMILES string of the molecule is CC(C)C[C@H](CO)Nc1nc(NS(C)(=O)=O)nc(S[C@@H](C)c2c(F)ccc(F)c2F)n1. The van der Waals surface area contributed by atoms with Gasteiger partial charge in [0, 0.05) is 10.8 Å². The lowest BCUT2D eigenvalue weighted by atomic mass is 10.0. The fourth-order valence-corrected chi connectivity index (χ4v) is 4.10. The van der Waals surface area contributed by atoms with E-state index in [9.17, 15) is 26.7 Å². The first kappa shape index (κ1) is 25.1. The molecule has 0 unspecified atom stereocenters. The second-order valence-corrected chi connectivity index (χ2v) is 10.4. The number of hydrogen-bond acceptors (Lipinski definition) is 8. The molecule has 0 aliphatic carbocycles. The number of nitrogens with one attached hydrogen (secondary N) is 2. The number of aromatic nitrogens is 3. The quantitative estimate of drug-likeness (QED) is 0.351. The minimum Gasteiger partial charge on any atom is -0.394 e. The second kappa shape index (κ2) is 10.5. The summed E-state index contributed by atoms with van der Waals surface area (Å²) in [7, 11) is -3.72. The largest absolute Gasteiger partial charge is 0.394 e. The van der Waals surface area contributed by atoms with Crippen LogP contribution in [0.2, 0.25) is 0 Å². The number of aliphatic hydroxyl groups is 1. The zero-order chi connectivity index (χ0) is 23.3. The molecule has 0 spiro atoms. The Balaban J connectivity index is 2.39. The number of anilines is 2. The van der Waals surface area contributed by atoms with Crippen LogP contribution in [0.4, 0.5) is 25.1 Å².